The Morgan fingerprint density at radius 2 is 2.11 bits per heavy atom. The number of aliphatic hydroxyl groups is 1. The van der Waals surface area contributed by atoms with Gasteiger partial charge in [0.25, 0.3) is 0 Å². The van der Waals surface area contributed by atoms with Crippen LogP contribution < -0.4 is 0 Å². The fourth-order valence-corrected chi connectivity index (χ4v) is 2.89. The lowest BCUT2D eigenvalue weighted by Gasteiger charge is -2.15. The summed E-state index contributed by atoms with van der Waals surface area (Å²) < 4.78 is 1.90. The van der Waals surface area contributed by atoms with Crippen molar-refractivity contribution in [2.24, 2.45) is 5.92 Å². The third kappa shape index (κ3) is 3.55. The van der Waals surface area contributed by atoms with Gasteiger partial charge in [-0.1, -0.05) is 25.7 Å². The lowest BCUT2D eigenvalue weighted by atomic mass is 9.98. The molecule has 2 rings (SSSR count). The minimum Gasteiger partial charge on any atom is -0.393 e. The number of aromatic nitrogens is 3. The summed E-state index contributed by atoms with van der Waals surface area (Å²) >= 11 is 0. The van der Waals surface area contributed by atoms with Crippen molar-refractivity contribution in [3.05, 3.63) is 12.2 Å². The van der Waals surface area contributed by atoms with E-state index in [9.17, 15) is 5.11 Å². The number of hydrogen-bond donors (Lipinski definition) is 1. The standard InChI is InChI=1S/C14H25N3O/c1-11(2)17-14(15-10-16-17)9-13(18)8-7-12-5-3-4-6-12/h10-13,18H,3-9H2,1-2H3. The third-order valence-corrected chi connectivity index (χ3v) is 3.94. The normalized spacial score (nSPS) is 18.7. The molecule has 4 heteroatoms. The smallest absolute Gasteiger partial charge is 0.138 e. The lowest BCUT2D eigenvalue weighted by Crippen LogP contribution is -2.17. The van der Waals surface area contributed by atoms with E-state index in [2.05, 4.69) is 23.9 Å². The highest BCUT2D eigenvalue weighted by molar-refractivity contribution is 4.89. The van der Waals surface area contributed by atoms with Gasteiger partial charge in [0.15, 0.2) is 0 Å². The van der Waals surface area contributed by atoms with Crippen LogP contribution in [0.4, 0.5) is 0 Å². The Labute approximate surface area is 109 Å². The molecule has 18 heavy (non-hydrogen) atoms. The van der Waals surface area contributed by atoms with E-state index in [0.29, 0.717) is 12.5 Å². The summed E-state index contributed by atoms with van der Waals surface area (Å²) in [5.74, 6) is 1.76. The molecule has 0 aromatic carbocycles. The van der Waals surface area contributed by atoms with Crippen LogP contribution in [-0.4, -0.2) is 26.0 Å². The molecule has 1 saturated carbocycles. The second kappa shape index (κ2) is 6.32. The molecule has 1 aromatic heterocycles. The van der Waals surface area contributed by atoms with Crippen molar-refractivity contribution < 1.29 is 5.11 Å². The van der Waals surface area contributed by atoms with E-state index < -0.39 is 0 Å². The summed E-state index contributed by atoms with van der Waals surface area (Å²) in [6.45, 7) is 4.17. The molecule has 0 saturated heterocycles. The van der Waals surface area contributed by atoms with Crippen LogP contribution in [0.2, 0.25) is 0 Å². The molecule has 4 nitrogen and oxygen atoms in total. The zero-order valence-electron chi connectivity index (χ0n) is 11.5. The van der Waals surface area contributed by atoms with E-state index in [-0.39, 0.29) is 6.10 Å². The van der Waals surface area contributed by atoms with Gasteiger partial charge in [0, 0.05) is 12.5 Å². The summed E-state index contributed by atoms with van der Waals surface area (Å²) in [7, 11) is 0. The first-order valence-corrected chi connectivity index (χ1v) is 7.23. The first-order valence-electron chi connectivity index (χ1n) is 7.23. The van der Waals surface area contributed by atoms with Gasteiger partial charge >= 0.3 is 0 Å². The van der Waals surface area contributed by atoms with E-state index >= 15 is 0 Å². The third-order valence-electron chi connectivity index (χ3n) is 3.94. The minimum absolute atomic E-state index is 0.271. The van der Waals surface area contributed by atoms with Gasteiger partial charge in [-0.3, -0.25) is 0 Å². The molecule has 1 heterocycles. The van der Waals surface area contributed by atoms with Crippen molar-refractivity contribution in [1.29, 1.82) is 0 Å². The highest BCUT2D eigenvalue weighted by Gasteiger charge is 2.18. The summed E-state index contributed by atoms with van der Waals surface area (Å²) in [5, 5.41) is 14.3. The Kier molecular flexibility index (Phi) is 4.75. The molecule has 0 spiro atoms. The molecule has 1 aromatic rings. The van der Waals surface area contributed by atoms with E-state index in [1.807, 2.05) is 4.68 Å². The SMILES string of the molecule is CC(C)n1ncnc1CC(O)CCC1CCCC1. The Balaban J connectivity index is 1.79. The van der Waals surface area contributed by atoms with Gasteiger partial charge in [0.05, 0.1) is 6.10 Å². The first-order chi connectivity index (χ1) is 8.66. The second-order valence-corrected chi connectivity index (χ2v) is 5.80. The molecule has 102 valence electrons. The van der Waals surface area contributed by atoms with Gasteiger partial charge in [0.2, 0.25) is 0 Å². The number of aliphatic hydroxyl groups excluding tert-OH is 1. The van der Waals surface area contributed by atoms with Crippen LogP contribution in [0.25, 0.3) is 0 Å². The van der Waals surface area contributed by atoms with Gasteiger partial charge in [-0.2, -0.15) is 5.10 Å². The lowest BCUT2D eigenvalue weighted by molar-refractivity contribution is 0.150. The van der Waals surface area contributed by atoms with Crippen LogP contribution in [0, 0.1) is 5.92 Å². The minimum atomic E-state index is -0.271. The topological polar surface area (TPSA) is 50.9 Å². The number of rotatable bonds is 6. The largest absolute Gasteiger partial charge is 0.393 e. The van der Waals surface area contributed by atoms with Crippen LogP contribution in [0.5, 0.6) is 0 Å². The molecule has 1 unspecified atom stereocenters. The highest BCUT2D eigenvalue weighted by Crippen LogP contribution is 2.29. The van der Waals surface area contributed by atoms with Gasteiger partial charge in [-0.05, 0) is 32.6 Å². The van der Waals surface area contributed by atoms with Crippen molar-refractivity contribution in [2.75, 3.05) is 0 Å². The predicted octanol–water partition coefficient (Wildman–Crippen LogP) is 2.73. The number of hydrogen-bond acceptors (Lipinski definition) is 3. The summed E-state index contributed by atoms with van der Waals surface area (Å²) in [4.78, 5) is 4.25. The molecule has 0 amide bonds. The highest BCUT2D eigenvalue weighted by atomic mass is 16.3. The van der Waals surface area contributed by atoms with Crippen LogP contribution >= 0.6 is 0 Å². The molecular formula is C14H25N3O. The molecule has 1 atom stereocenters. The van der Waals surface area contributed by atoms with E-state index in [0.717, 1.165) is 24.6 Å². The van der Waals surface area contributed by atoms with E-state index in [4.69, 9.17) is 0 Å². The second-order valence-electron chi connectivity index (χ2n) is 5.80. The Hall–Kier alpha value is -0.900. The molecule has 1 aliphatic carbocycles. The average Bonchev–Trinajstić information content (AvgIpc) is 2.96. The van der Waals surface area contributed by atoms with Gasteiger partial charge in [-0.15, -0.1) is 0 Å². The maximum absolute atomic E-state index is 10.1. The molecule has 0 aliphatic heterocycles. The summed E-state index contributed by atoms with van der Waals surface area (Å²) in [6, 6.07) is 0.310. The van der Waals surface area contributed by atoms with Gasteiger partial charge < -0.3 is 5.11 Å². The van der Waals surface area contributed by atoms with E-state index in [1.54, 1.807) is 6.33 Å². The Bertz CT molecular complexity index is 356. The summed E-state index contributed by atoms with van der Waals surface area (Å²) in [5.41, 5.74) is 0. The quantitative estimate of drug-likeness (QED) is 0.845. The molecule has 1 fully saturated rings. The molecule has 1 N–H and O–H groups in total. The van der Waals surface area contributed by atoms with Crippen molar-refractivity contribution in [3.63, 3.8) is 0 Å². The maximum Gasteiger partial charge on any atom is 0.138 e. The molecule has 0 radical (unpaired) electrons. The van der Waals surface area contributed by atoms with E-state index in [1.165, 1.54) is 25.7 Å². The van der Waals surface area contributed by atoms with Crippen LogP contribution in [0.1, 0.15) is 64.2 Å². The van der Waals surface area contributed by atoms with Crippen molar-refractivity contribution >= 4 is 0 Å². The van der Waals surface area contributed by atoms with Crippen LogP contribution in [0.3, 0.4) is 0 Å². The van der Waals surface area contributed by atoms with Crippen molar-refractivity contribution in [1.82, 2.24) is 14.8 Å². The Morgan fingerprint density at radius 1 is 1.39 bits per heavy atom. The molecule has 1 aliphatic rings. The Morgan fingerprint density at radius 3 is 2.78 bits per heavy atom. The van der Waals surface area contributed by atoms with Crippen LogP contribution in [0.15, 0.2) is 6.33 Å². The molecule has 0 bridgehead atoms. The maximum atomic E-state index is 10.1. The average molecular weight is 251 g/mol. The molecular weight excluding hydrogens is 226 g/mol. The van der Waals surface area contributed by atoms with Crippen molar-refractivity contribution in [3.8, 4) is 0 Å². The fourth-order valence-electron chi connectivity index (χ4n) is 2.89. The zero-order chi connectivity index (χ0) is 13.0. The summed E-state index contributed by atoms with van der Waals surface area (Å²) in [6.07, 6.45) is 9.47. The number of nitrogens with zero attached hydrogens (tertiary/aromatic N) is 3. The van der Waals surface area contributed by atoms with Crippen molar-refractivity contribution in [2.45, 2.75) is 70.9 Å². The van der Waals surface area contributed by atoms with Gasteiger partial charge in [-0.25, -0.2) is 9.67 Å². The van der Waals surface area contributed by atoms with Crippen LogP contribution in [-0.2, 0) is 6.42 Å². The monoisotopic (exact) mass is 251 g/mol. The van der Waals surface area contributed by atoms with Gasteiger partial charge in [0.1, 0.15) is 12.2 Å². The first kappa shape index (κ1) is 13.5. The predicted molar refractivity (Wildman–Crippen MR) is 71.3 cm³/mol. The zero-order valence-corrected chi connectivity index (χ0v) is 11.5. The fraction of sp³-hybridized carbons (Fsp3) is 0.857.